The van der Waals surface area contributed by atoms with Gasteiger partial charge in [0.2, 0.25) is 0 Å². The van der Waals surface area contributed by atoms with E-state index >= 15 is 0 Å². The molecule has 1 aliphatic heterocycles. The van der Waals surface area contributed by atoms with Gasteiger partial charge in [0.15, 0.2) is 0 Å². The quantitative estimate of drug-likeness (QED) is 0.664. The summed E-state index contributed by atoms with van der Waals surface area (Å²) in [6.45, 7) is 2.88. The number of alkyl halides is 1. The van der Waals surface area contributed by atoms with E-state index in [2.05, 4.69) is 44.8 Å². The molecule has 0 spiro atoms. The predicted molar refractivity (Wildman–Crippen MR) is 71.8 cm³/mol. The van der Waals surface area contributed by atoms with Crippen molar-refractivity contribution in [3.63, 3.8) is 0 Å². The smallest absolute Gasteiger partial charge is 0.0843 e. The highest BCUT2D eigenvalue weighted by Crippen LogP contribution is 2.43. The highest BCUT2D eigenvalue weighted by atomic mass is 79.9. The third-order valence-corrected chi connectivity index (χ3v) is 6.64. The van der Waals surface area contributed by atoms with Crippen molar-refractivity contribution in [2.75, 3.05) is 6.61 Å². The van der Waals surface area contributed by atoms with Gasteiger partial charge in [0.1, 0.15) is 0 Å². The minimum atomic E-state index is 0.0718. The molecule has 0 aromatic carbocycles. The van der Waals surface area contributed by atoms with Gasteiger partial charge in [0.25, 0.3) is 0 Å². The van der Waals surface area contributed by atoms with Gasteiger partial charge < -0.3 is 4.74 Å². The monoisotopic (exact) mass is 372 g/mol. The summed E-state index contributed by atoms with van der Waals surface area (Å²) in [6, 6.07) is 2.09. The van der Waals surface area contributed by atoms with Crippen LogP contribution in [-0.4, -0.2) is 12.7 Å². The van der Waals surface area contributed by atoms with Crippen molar-refractivity contribution >= 4 is 54.8 Å². The highest BCUT2D eigenvalue weighted by molar-refractivity contribution is 9.13. The second-order valence-electron chi connectivity index (χ2n) is 3.81. The summed E-state index contributed by atoms with van der Waals surface area (Å²) in [5, 5.41) is 0.0718. The average Bonchev–Trinajstić information content (AvgIpc) is 2.74. The van der Waals surface area contributed by atoms with E-state index in [4.69, 9.17) is 16.3 Å². The molecule has 3 atom stereocenters. The number of hydrogen-bond donors (Lipinski definition) is 0. The molecule has 84 valence electrons. The maximum atomic E-state index is 6.45. The third-order valence-electron chi connectivity index (χ3n) is 2.58. The number of thiophene rings is 1. The van der Waals surface area contributed by atoms with Crippen LogP contribution in [0.2, 0.25) is 0 Å². The van der Waals surface area contributed by atoms with E-state index in [-0.39, 0.29) is 5.38 Å². The first-order valence-electron chi connectivity index (χ1n) is 4.78. The summed E-state index contributed by atoms with van der Waals surface area (Å²) < 4.78 is 7.73. The Kier molecular flexibility index (Phi) is 4.16. The summed E-state index contributed by atoms with van der Waals surface area (Å²) in [6.07, 6.45) is 1.41. The lowest BCUT2D eigenvalue weighted by Gasteiger charge is -2.13. The van der Waals surface area contributed by atoms with Crippen LogP contribution in [0.5, 0.6) is 0 Å². The molecule has 3 unspecified atom stereocenters. The molecule has 1 nitrogen and oxygen atoms in total. The molecule has 2 heterocycles. The molecule has 0 amide bonds. The Labute approximate surface area is 115 Å². The van der Waals surface area contributed by atoms with Crippen LogP contribution in [-0.2, 0) is 4.74 Å². The van der Waals surface area contributed by atoms with Crippen LogP contribution in [0.15, 0.2) is 14.3 Å². The van der Waals surface area contributed by atoms with Gasteiger partial charge in [-0.15, -0.1) is 22.9 Å². The van der Waals surface area contributed by atoms with Gasteiger partial charge in [-0.1, -0.05) is 0 Å². The lowest BCUT2D eigenvalue weighted by atomic mass is 10.0. The molecule has 1 saturated heterocycles. The van der Waals surface area contributed by atoms with Gasteiger partial charge in [0, 0.05) is 15.3 Å². The molecule has 1 aliphatic rings. The van der Waals surface area contributed by atoms with E-state index in [1.807, 2.05) is 0 Å². The molecule has 1 aromatic rings. The Morgan fingerprint density at radius 1 is 1.60 bits per heavy atom. The van der Waals surface area contributed by atoms with Crippen LogP contribution < -0.4 is 0 Å². The molecule has 0 aliphatic carbocycles. The van der Waals surface area contributed by atoms with Gasteiger partial charge in [0.05, 0.1) is 21.9 Å². The fourth-order valence-electron chi connectivity index (χ4n) is 1.79. The van der Waals surface area contributed by atoms with Crippen molar-refractivity contribution in [3.8, 4) is 0 Å². The van der Waals surface area contributed by atoms with Gasteiger partial charge in [-0.3, -0.25) is 0 Å². The zero-order valence-electron chi connectivity index (χ0n) is 8.17. The summed E-state index contributed by atoms with van der Waals surface area (Å²) in [4.78, 5) is 1.21. The van der Waals surface area contributed by atoms with Crippen LogP contribution in [0.3, 0.4) is 0 Å². The largest absolute Gasteiger partial charge is 0.378 e. The molecule has 0 radical (unpaired) electrons. The van der Waals surface area contributed by atoms with Crippen molar-refractivity contribution in [2.24, 2.45) is 5.92 Å². The number of ether oxygens (including phenoxy) is 1. The van der Waals surface area contributed by atoms with Crippen LogP contribution >= 0.6 is 54.8 Å². The van der Waals surface area contributed by atoms with Crippen LogP contribution in [0.1, 0.15) is 23.6 Å². The SMILES string of the molecule is CC1CC(C(Cl)c2cc(Br)c(Br)s2)CO1. The minimum absolute atomic E-state index is 0.0718. The van der Waals surface area contributed by atoms with Crippen LogP contribution in [0.25, 0.3) is 0 Å². The van der Waals surface area contributed by atoms with Crippen LogP contribution in [0, 0.1) is 5.92 Å². The topological polar surface area (TPSA) is 9.23 Å². The fraction of sp³-hybridized carbons (Fsp3) is 0.600. The highest BCUT2D eigenvalue weighted by Gasteiger charge is 2.30. The minimum Gasteiger partial charge on any atom is -0.378 e. The first-order valence-corrected chi connectivity index (χ1v) is 7.62. The molecule has 2 rings (SSSR count). The summed E-state index contributed by atoms with van der Waals surface area (Å²) in [5.41, 5.74) is 0. The van der Waals surface area contributed by atoms with Crippen molar-refractivity contribution in [1.82, 2.24) is 0 Å². The van der Waals surface area contributed by atoms with Crippen molar-refractivity contribution in [2.45, 2.75) is 24.8 Å². The van der Waals surface area contributed by atoms with Crippen molar-refractivity contribution in [3.05, 3.63) is 19.2 Å². The molecule has 0 N–H and O–H groups in total. The Bertz CT molecular complexity index is 336. The second-order valence-corrected chi connectivity index (χ2v) is 7.54. The average molecular weight is 375 g/mol. The summed E-state index contributed by atoms with van der Waals surface area (Å²) in [5.74, 6) is 0.444. The zero-order valence-corrected chi connectivity index (χ0v) is 12.9. The zero-order chi connectivity index (χ0) is 11.0. The Morgan fingerprint density at radius 3 is 2.80 bits per heavy atom. The van der Waals surface area contributed by atoms with E-state index < -0.39 is 0 Å². The molecule has 15 heavy (non-hydrogen) atoms. The molecule has 0 saturated carbocycles. The lowest BCUT2D eigenvalue weighted by molar-refractivity contribution is 0.120. The first kappa shape index (κ1) is 12.4. The number of hydrogen-bond acceptors (Lipinski definition) is 2. The lowest BCUT2D eigenvalue weighted by Crippen LogP contribution is -2.06. The van der Waals surface area contributed by atoms with Gasteiger partial charge in [-0.05, 0) is 51.3 Å². The first-order chi connectivity index (χ1) is 7.08. The maximum Gasteiger partial charge on any atom is 0.0843 e. The Balaban J connectivity index is 2.10. The fourth-order valence-corrected chi connectivity index (χ4v) is 4.32. The molecule has 0 bridgehead atoms. The standard InChI is InChI=1S/C10H11Br2ClOS/c1-5-2-6(4-14-5)9(13)8-3-7(11)10(12)15-8/h3,5-6,9H,2,4H2,1H3. The van der Waals surface area contributed by atoms with E-state index in [1.54, 1.807) is 11.3 Å². The second kappa shape index (κ2) is 5.05. The molecule has 1 fully saturated rings. The molecular formula is C10H11Br2ClOS. The van der Waals surface area contributed by atoms with E-state index in [1.165, 1.54) is 4.88 Å². The Morgan fingerprint density at radius 2 is 2.33 bits per heavy atom. The maximum absolute atomic E-state index is 6.45. The van der Waals surface area contributed by atoms with E-state index in [0.29, 0.717) is 12.0 Å². The molecular weight excluding hydrogens is 363 g/mol. The van der Waals surface area contributed by atoms with Crippen LogP contribution in [0.4, 0.5) is 0 Å². The van der Waals surface area contributed by atoms with Crippen molar-refractivity contribution < 1.29 is 4.74 Å². The van der Waals surface area contributed by atoms with Crippen molar-refractivity contribution in [1.29, 1.82) is 0 Å². The normalized spacial score (nSPS) is 28.3. The molecule has 1 aromatic heterocycles. The predicted octanol–water partition coefficient (Wildman–Crippen LogP) is 4.98. The summed E-state index contributed by atoms with van der Waals surface area (Å²) >= 11 is 15.1. The van der Waals surface area contributed by atoms with Gasteiger partial charge >= 0.3 is 0 Å². The van der Waals surface area contributed by atoms with E-state index in [9.17, 15) is 0 Å². The third kappa shape index (κ3) is 2.78. The summed E-state index contributed by atoms with van der Waals surface area (Å²) in [7, 11) is 0. The number of rotatable bonds is 2. The molecule has 5 heteroatoms. The van der Waals surface area contributed by atoms with Gasteiger partial charge in [-0.2, -0.15) is 0 Å². The van der Waals surface area contributed by atoms with E-state index in [0.717, 1.165) is 21.3 Å². The Hall–Kier alpha value is 0.910. The van der Waals surface area contributed by atoms with Gasteiger partial charge in [-0.25, -0.2) is 0 Å². The number of halogens is 3.